The first kappa shape index (κ1) is 12.4. The van der Waals surface area contributed by atoms with Gasteiger partial charge in [-0.1, -0.05) is 0 Å². The highest BCUT2D eigenvalue weighted by Crippen LogP contribution is 2.12. The van der Waals surface area contributed by atoms with Crippen LogP contribution >= 0.6 is 0 Å². The molecule has 0 saturated carbocycles. The average molecular weight is 216 g/mol. The number of hydrogen-bond acceptors (Lipinski definition) is 4. The minimum absolute atomic E-state index is 0.195. The standard InChI is InChI=1S/C10H20N2O3/c1-8-6-12(5-4-11(8)3)7-10(2,15)9(13)14/h8,15H,4-7H2,1-3H3,(H,13,14). The molecule has 2 atom stereocenters. The topological polar surface area (TPSA) is 64.0 Å². The lowest BCUT2D eigenvalue weighted by atomic mass is 10.1. The van der Waals surface area contributed by atoms with Gasteiger partial charge in [0, 0.05) is 32.2 Å². The van der Waals surface area contributed by atoms with Gasteiger partial charge in [0.15, 0.2) is 5.60 Å². The number of carbonyl (C=O) groups is 1. The summed E-state index contributed by atoms with van der Waals surface area (Å²) in [5.41, 5.74) is -1.64. The summed E-state index contributed by atoms with van der Waals surface area (Å²) in [5.74, 6) is -1.16. The van der Waals surface area contributed by atoms with Gasteiger partial charge >= 0.3 is 5.97 Å². The van der Waals surface area contributed by atoms with Crippen LogP contribution < -0.4 is 0 Å². The molecule has 0 aromatic rings. The van der Waals surface area contributed by atoms with Gasteiger partial charge in [0.1, 0.15) is 0 Å². The molecule has 1 fully saturated rings. The zero-order valence-corrected chi connectivity index (χ0v) is 9.60. The molecule has 0 aromatic carbocycles. The lowest BCUT2D eigenvalue weighted by Crippen LogP contribution is -2.55. The minimum Gasteiger partial charge on any atom is -0.479 e. The predicted molar refractivity (Wildman–Crippen MR) is 56.8 cm³/mol. The van der Waals surface area contributed by atoms with Crippen LogP contribution in [0.1, 0.15) is 13.8 Å². The molecular weight excluding hydrogens is 196 g/mol. The number of carboxylic acids is 1. The van der Waals surface area contributed by atoms with E-state index in [0.717, 1.165) is 19.6 Å². The number of β-amino-alcohol motifs (C(OH)–C–C–N with tert-alkyl or cyclic N) is 1. The highest BCUT2D eigenvalue weighted by molar-refractivity contribution is 5.76. The highest BCUT2D eigenvalue weighted by atomic mass is 16.4. The van der Waals surface area contributed by atoms with Gasteiger partial charge in [-0.05, 0) is 20.9 Å². The third-order valence-electron chi connectivity index (χ3n) is 3.04. The van der Waals surface area contributed by atoms with Crippen molar-refractivity contribution in [3.63, 3.8) is 0 Å². The minimum atomic E-state index is -1.64. The van der Waals surface area contributed by atoms with E-state index in [4.69, 9.17) is 5.11 Å². The fraction of sp³-hybridized carbons (Fsp3) is 0.900. The zero-order chi connectivity index (χ0) is 11.6. The average Bonchev–Trinajstić information content (AvgIpc) is 2.10. The van der Waals surface area contributed by atoms with E-state index in [9.17, 15) is 9.90 Å². The number of aliphatic hydroxyl groups is 1. The van der Waals surface area contributed by atoms with E-state index >= 15 is 0 Å². The third-order valence-corrected chi connectivity index (χ3v) is 3.04. The van der Waals surface area contributed by atoms with Crippen molar-refractivity contribution in [1.29, 1.82) is 0 Å². The summed E-state index contributed by atoms with van der Waals surface area (Å²) >= 11 is 0. The molecule has 88 valence electrons. The molecule has 1 rings (SSSR count). The van der Waals surface area contributed by atoms with E-state index in [1.165, 1.54) is 6.92 Å². The van der Waals surface area contributed by atoms with Crippen LogP contribution in [0.15, 0.2) is 0 Å². The molecule has 1 saturated heterocycles. The summed E-state index contributed by atoms with van der Waals surface area (Å²) in [5, 5.41) is 18.4. The van der Waals surface area contributed by atoms with Crippen LogP contribution in [0.2, 0.25) is 0 Å². The molecule has 0 radical (unpaired) electrons. The Labute approximate surface area is 90.3 Å². The zero-order valence-electron chi connectivity index (χ0n) is 9.60. The van der Waals surface area contributed by atoms with Crippen molar-refractivity contribution in [3.8, 4) is 0 Å². The number of carboxylic acid groups (broad SMARTS) is 1. The second-order valence-corrected chi connectivity index (χ2v) is 4.64. The molecule has 0 spiro atoms. The van der Waals surface area contributed by atoms with E-state index < -0.39 is 11.6 Å². The number of hydrogen-bond donors (Lipinski definition) is 2. The maximum absolute atomic E-state index is 10.8. The molecule has 0 bridgehead atoms. The second kappa shape index (κ2) is 4.47. The Bertz CT molecular complexity index is 243. The van der Waals surface area contributed by atoms with E-state index in [2.05, 4.69) is 18.9 Å². The lowest BCUT2D eigenvalue weighted by molar-refractivity contribution is -0.159. The quantitative estimate of drug-likeness (QED) is 0.663. The van der Waals surface area contributed by atoms with Crippen LogP contribution in [-0.4, -0.2) is 70.9 Å². The Morgan fingerprint density at radius 3 is 2.60 bits per heavy atom. The van der Waals surface area contributed by atoms with Crippen molar-refractivity contribution >= 4 is 5.97 Å². The van der Waals surface area contributed by atoms with Gasteiger partial charge < -0.3 is 15.1 Å². The van der Waals surface area contributed by atoms with Crippen LogP contribution in [0.5, 0.6) is 0 Å². The third kappa shape index (κ3) is 3.15. The van der Waals surface area contributed by atoms with Crippen molar-refractivity contribution in [2.45, 2.75) is 25.5 Å². The first-order chi connectivity index (χ1) is 6.83. The molecular formula is C10H20N2O3. The molecule has 5 heteroatoms. The van der Waals surface area contributed by atoms with Gasteiger partial charge in [-0.15, -0.1) is 0 Å². The largest absolute Gasteiger partial charge is 0.479 e. The van der Waals surface area contributed by atoms with Crippen molar-refractivity contribution in [2.75, 3.05) is 33.2 Å². The first-order valence-electron chi connectivity index (χ1n) is 5.21. The monoisotopic (exact) mass is 216 g/mol. The number of rotatable bonds is 3. The van der Waals surface area contributed by atoms with Gasteiger partial charge in [-0.3, -0.25) is 4.90 Å². The molecule has 0 amide bonds. The Morgan fingerprint density at radius 2 is 2.13 bits per heavy atom. The van der Waals surface area contributed by atoms with E-state index in [1.807, 2.05) is 4.90 Å². The number of piperazine rings is 1. The molecule has 1 aliphatic rings. The van der Waals surface area contributed by atoms with E-state index in [0.29, 0.717) is 6.04 Å². The van der Waals surface area contributed by atoms with Gasteiger partial charge in [-0.25, -0.2) is 4.79 Å². The fourth-order valence-electron chi connectivity index (χ4n) is 1.77. The number of nitrogens with zero attached hydrogens (tertiary/aromatic N) is 2. The van der Waals surface area contributed by atoms with Crippen LogP contribution in [-0.2, 0) is 4.79 Å². The molecule has 5 nitrogen and oxygen atoms in total. The fourth-order valence-corrected chi connectivity index (χ4v) is 1.77. The summed E-state index contributed by atoms with van der Waals surface area (Å²) in [7, 11) is 2.05. The van der Waals surface area contributed by atoms with Gasteiger partial charge in [0.05, 0.1) is 0 Å². The first-order valence-corrected chi connectivity index (χ1v) is 5.21. The summed E-state index contributed by atoms with van der Waals surface area (Å²) in [6, 6.07) is 0.406. The summed E-state index contributed by atoms with van der Waals surface area (Å²) in [6.07, 6.45) is 0. The lowest BCUT2D eigenvalue weighted by Gasteiger charge is -2.39. The maximum Gasteiger partial charge on any atom is 0.336 e. The Hall–Kier alpha value is -0.650. The molecule has 2 unspecified atom stereocenters. The van der Waals surface area contributed by atoms with E-state index in [1.54, 1.807) is 0 Å². The van der Waals surface area contributed by atoms with Crippen LogP contribution in [0.4, 0.5) is 0 Å². The molecule has 0 aromatic heterocycles. The molecule has 1 heterocycles. The van der Waals surface area contributed by atoms with Crippen LogP contribution in [0.3, 0.4) is 0 Å². The molecule has 2 N–H and O–H groups in total. The van der Waals surface area contributed by atoms with Gasteiger partial charge in [0.25, 0.3) is 0 Å². The van der Waals surface area contributed by atoms with Crippen molar-refractivity contribution in [3.05, 3.63) is 0 Å². The smallest absolute Gasteiger partial charge is 0.336 e. The van der Waals surface area contributed by atoms with Crippen molar-refractivity contribution in [2.24, 2.45) is 0 Å². The van der Waals surface area contributed by atoms with Gasteiger partial charge in [-0.2, -0.15) is 0 Å². The second-order valence-electron chi connectivity index (χ2n) is 4.64. The number of likely N-dealkylation sites (N-methyl/N-ethyl adjacent to an activating group) is 1. The highest BCUT2D eigenvalue weighted by Gasteiger charge is 2.34. The predicted octanol–water partition coefficient (Wildman–Crippen LogP) is -0.542. The Morgan fingerprint density at radius 1 is 1.53 bits per heavy atom. The summed E-state index contributed by atoms with van der Waals surface area (Å²) in [4.78, 5) is 15.0. The number of aliphatic carboxylic acids is 1. The van der Waals surface area contributed by atoms with Crippen LogP contribution in [0.25, 0.3) is 0 Å². The normalized spacial score (nSPS) is 28.7. The SMILES string of the molecule is CC1CN(CC(C)(O)C(=O)O)CCN1C. The molecule has 15 heavy (non-hydrogen) atoms. The summed E-state index contributed by atoms with van der Waals surface area (Å²) < 4.78 is 0. The van der Waals surface area contributed by atoms with Crippen molar-refractivity contribution < 1.29 is 15.0 Å². The van der Waals surface area contributed by atoms with Crippen LogP contribution in [0, 0.1) is 0 Å². The molecule has 0 aliphatic carbocycles. The Kier molecular flexibility index (Phi) is 3.70. The van der Waals surface area contributed by atoms with Crippen molar-refractivity contribution in [1.82, 2.24) is 9.80 Å². The molecule has 1 aliphatic heterocycles. The van der Waals surface area contributed by atoms with E-state index in [-0.39, 0.29) is 6.54 Å². The van der Waals surface area contributed by atoms with Gasteiger partial charge in [0.2, 0.25) is 0 Å². The maximum atomic E-state index is 10.8. The summed E-state index contributed by atoms with van der Waals surface area (Å²) in [6.45, 7) is 6.17. The Balaban J connectivity index is 2.50.